The van der Waals surface area contributed by atoms with Crippen LogP contribution in [0, 0.1) is 0 Å². The van der Waals surface area contributed by atoms with Gasteiger partial charge in [0.1, 0.15) is 12.2 Å². The molecule has 0 aliphatic carbocycles. The lowest BCUT2D eigenvalue weighted by Crippen LogP contribution is -2.58. The lowest BCUT2D eigenvalue weighted by Gasteiger charge is -2.48. The van der Waals surface area contributed by atoms with Gasteiger partial charge in [0.05, 0.1) is 55.9 Å². The Hall–Kier alpha value is -1.70. The van der Waals surface area contributed by atoms with E-state index in [1.165, 1.54) is 0 Å². The molecule has 3 saturated heterocycles. The van der Waals surface area contributed by atoms with Crippen LogP contribution in [0.4, 0.5) is 0 Å². The van der Waals surface area contributed by atoms with E-state index in [2.05, 4.69) is 83.7 Å². The normalized spacial score (nSPS) is 36.3. The maximum atomic E-state index is 6.82. The van der Waals surface area contributed by atoms with Crippen LogP contribution >= 0.6 is 0 Å². The predicted molar refractivity (Wildman–Crippen MR) is 188 cm³/mol. The predicted octanol–water partition coefficient (Wildman–Crippen LogP) is 6.55. The van der Waals surface area contributed by atoms with E-state index >= 15 is 0 Å². The third kappa shape index (κ3) is 10.4. The second kappa shape index (κ2) is 17.0. The van der Waals surface area contributed by atoms with E-state index in [-0.39, 0.29) is 61.0 Å². The van der Waals surface area contributed by atoms with Gasteiger partial charge >= 0.3 is 0 Å². The van der Waals surface area contributed by atoms with Crippen molar-refractivity contribution >= 4 is 8.32 Å². The molecule has 0 bridgehead atoms. The van der Waals surface area contributed by atoms with Crippen molar-refractivity contribution in [2.24, 2.45) is 0 Å². The molecule has 0 N–H and O–H groups in total. The van der Waals surface area contributed by atoms with Crippen molar-refractivity contribution in [3.05, 3.63) is 71.8 Å². The van der Waals surface area contributed by atoms with Crippen molar-refractivity contribution in [1.29, 1.82) is 0 Å². The molecule has 0 spiro atoms. The van der Waals surface area contributed by atoms with Gasteiger partial charge in [-0.25, -0.2) is 0 Å². The fraction of sp³-hybridized carbons (Fsp3) is 0.684. The third-order valence-electron chi connectivity index (χ3n) is 9.49. The van der Waals surface area contributed by atoms with Crippen LogP contribution in [0.3, 0.4) is 0 Å². The minimum atomic E-state index is -1.88. The molecular weight excluding hydrogens is 627 g/mol. The van der Waals surface area contributed by atoms with Gasteiger partial charge in [-0.05, 0) is 79.0 Å². The second-order valence-electron chi connectivity index (χ2n) is 15.0. The first kappa shape index (κ1) is 37.5. The summed E-state index contributed by atoms with van der Waals surface area (Å²) in [6.45, 7) is 15.9. The highest BCUT2D eigenvalue weighted by atomic mass is 28.4. The molecule has 2 aromatic rings. The monoisotopic (exact) mass is 685 g/mol. The van der Waals surface area contributed by atoms with Gasteiger partial charge in [-0.2, -0.15) is 0 Å². The van der Waals surface area contributed by atoms with Gasteiger partial charge in [0.25, 0.3) is 0 Å². The van der Waals surface area contributed by atoms with Crippen LogP contribution in [0.5, 0.6) is 0 Å². The number of hydrogen-bond acceptors (Lipinski definition) is 9. The first-order chi connectivity index (χ1) is 22.9. The van der Waals surface area contributed by atoms with Gasteiger partial charge in [0, 0.05) is 18.9 Å². The van der Waals surface area contributed by atoms with Crippen LogP contribution in [0.1, 0.15) is 58.1 Å². The van der Waals surface area contributed by atoms with E-state index in [4.69, 9.17) is 37.6 Å². The Morgan fingerprint density at radius 3 is 1.58 bits per heavy atom. The van der Waals surface area contributed by atoms with Crippen molar-refractivity contribution in [2.45, 2.75) is 153 Å². The van der Waals surface area contributed by atoms with E-state index in [9.17, 15) is 0 Å². The smallest absolute Gasteiger partial charge is 0.184 e. The Kier molecular flexibility index (Phi) is 13.3. The zero-order chi connectivity index (χ0) is 34.4. The Morgan fingerprint density at radius 2 is 1.08 bits per heavy atom. The maximum Gasteiger partial charge on any atom is 0.184 e. The third-order valence-corrected chi connectivity index (χ3v) is 10.5. The number of hydrogen-bond donors (Lipinski definition) is 0. The number of ether oxygens (including phenoxy) is 7. The first-order valence-corrected chi connectivity index (χ1v) is 21.2. The summed E-state index contributed by atoms with van der Waals surface area (Å²) in [6, 6.07) is 20.7. The van der Waals surface area contributed by atoms with E-state index < -0.39 is 20.9 Å². The molecule has 268 valence electrons. The van der Waals surface area contributed by atoms with Crippen molar-refractivity contribution in [3.8, 4) is 0 Å². The molecule has 0 aromatic heterocycles. The average molecular weight is 686 g/mol. The maximum absolute atomic E-state index is 6.82. The molecule has 12 atom stereocenters. The average Bonchev–Trinajstić information content (AvgIpc) is 3.03. The molecule has 9 nitrogen and oxygen atoms in total. The van der Waals surface area contributed by atoms with Crippen LogP contribution in [0.2, 0.25) is 19.6 Å². The summed E-state index contributed by atoms with van der Waals surface area (Å²) in [7, 11) is 2.33. The van der Waals surface area contributed by atoms with Crippen LogP contribution in [0.25, 0.3) is 0 Å². The first-order valence-electron chi connectivity index (χ1n) is 17.8. The van der Waals surface area contributed by atoms with Gasteiger partial charge < -0.3 is 42.5 Å². The molecule has 12 unspecified atom stereocenters. The molecule has 0 amide bonds. The van der Waals surface area contributed by atoms with Crippen molar-refractivity contribution in [1.82, 2.24) is 4.90 Å². The van der Waals surface area contributed by atoms with Crippen LogP contribution in [-0.2, 0) is 50.8 Å². The Labute approximate surface area is 289 Å². The van der Waals surface area contributed by atoms with Crippen LogP contribution in [-0.4, -0.2) is 101 Å². The number of nitrogens with zero attached hydrogens (tertiary/aromatic N) is 1. The summed E-state index contributed by atoms with van der Waals surface area (Å²) < 4.78 is 52.7. The zero-order valence-corrected chi connectivity index (χ0v) is 31.5. The quantitative estimate of drug-likeness (QED) is 0.219. The lowest BCUT2D eigenvalue weighted by atomic mass is 9.95. The van der Waals surface area contributed by atoms with Gasteiger partial charge in [-0.3, -0.25) is 0 Å². The number of rotatable bonds is 13. The van der Waals surface area contributed by atoms with E-state index in [0.717, 1.165) is 17.5 Å². The summed E-state index contributed by atoms with van der Waals surface area (Å²) >= 11 is 0. The Bertz CT molecular complexity index is 1230. The molecule has 3 fully saturated rings. The molecule has 3 heterocycles. The van der Waals surface area contributed by atoms with E-state index in [1.807, 2.05) is 43.3 Å². The highest BCUT2D eigenvalue weighted by Gasteiger charge is 2.47. The van der Waals surface area contributed by atoms with Crippen LogP contribution < -0.4 is 0 Å². The fourth-order valence-electron chi connectivity index (χ4n) is 7.17. The topological polar surface area (TPSA) is 77.1 Å². The van der Waals surface area contributed by atoms with Gasteiger partial charge in [-0.15, -0.1) is 0 Å². The fourth-order valence-corrected chi connectivity index (χ4v) is 8.33. The largest absolute Gasteiger partial charge is 0.409 e. The van der Waals surface area contributed by atoms with Gasteiger partial charge in [0.2, 0.25) is 0 Å². The molecule has 3 aliphatic rings. The summed E-state index contributed by atoms with van der Waals surface area (Å²) in [5.74, 6) is 0. The molecular formula is C38H59NO8Si. The molecule has 0 saturated carbocycles. The highest BCUT2D eigenvalue weighted by Crippen LogP contribution is 2.35. The number of benzene rings is 2. The Balaban J connectivity index is 1.31. The summed E-state index contributed by atoms with van der Waals surface area (Å²) in [5.41, 5.74) is 2.23. The highest BCUT2D eigenvalue weighted by molar-refractivity contribution is 6.69. The SMILES string of the molecule is CC1CC(N(C)C)C(OC2CC(OCc3ccccc3)C(OC3CC(OCc4ccccc4)C(O[Si](C)(C)C)C(C)O3)C(C)O2)C(C)O1. The van der Waals surface area contributed by atoms with Crippen molar-refractivity contribution in [3.63, 3.8) is 0 Å². The van der Waals surface area contributed by atoms with E-state index in [1.54, 1.807) is 0 Å². The van der Waals surface area contributed by atoms with Crippen molar-refractivity contribution in [2.75, 3.05) is 14.1 Å². The standard InChI is InChI=1S/C38H59NO8Si/c1-25-20-31(39(5)6)36(26(2)42-25)45-34-21-32(40-23-29-16-12-10-13-17-29)37(27(3)43-34)46-35-22-33(41-24-30-18-14-11-15-19-30)38(28(4)44-35)47-48(7,8)9/h10-19,25-28,31-38H,20-24H2,1-9H3. The second-order valence-corrected chi connectivity index (χ2v) is 19.5. The molecule has 2 aromatic carbocycles. The molecule has 0 radical (unpaired) electrons. The van der Waals surface area contributed by atoms with Crippen LogP contribution in [0.15, 0.2) is 60.7 Å². The molecule has 10 heteroatoms. The molecule has 5 rings (SSSR count). The minimum Gasteiger partial charge on any atom is -0.409 e. The van der Waals surface area contributed by atoms with Gasteiger partial charge in [0.15, 0.2) is 20.9 Å². The summed E-state index contributed by atoms with van der Waals surface area (Å²) in [4.78, 5) is 2.23. The summed E-state index contributed by atoms with van der Waals surface area (Å²) in [5, 5.41) is 0. The van der Waals surface area contributed by atoms with Gasteiger partial charge in [-0.1, -0.05) is 60.7 Å². The Morgan fingerprint density at radius 1 is 0.625 bits per heavy atom. The molecule has 3 aliphatic heterocycles. The minimum absolute atomic E-state index is 0.0611. The van der Waals surface area contributed by atoms with Crippen molar-refractivity contribution < 1.29 is 37.6 Å². The number of likely N-dealkylation sites (N-methyl/N-ethyl adjacent to an activating group) is 1. The zero-order valence-electron chi connectivity index (χ0n) is 30.5. The summed E-state index contributed by atoms with van der Waals surface area (Å²) in [6.07, 6.45) is -0.577. The van der Waals surface area contributed by atoms with E-state index in [0.29, 0.717) is 26.1 Å². The molecule has 48 heavy (non-hydrogen) atoms. The lowest BCUT2D eigenvalue weighted by molar-refractivity contribution is -0.329.